The molecule has 1 aromatic rings. The summed E-state index contributed by atoms with van der Waals surface area (Å²) in [6.07, 6.45) is 8.52. The minimum atomic E-state index is 0.404. The van der Waals surface area contributed by atoms with E-state index in [9.17, 15) is 0 Å². The number of rotatable bonds is 4. The maximum absolute atomic E-state index is 5.57. The zero-order valence-corrected chi connectivity index (χ0v) is 12.4. The quantitative estimate of drug-likeness (QED) is 0.342. The molecule has 0 aromatic heterocycles. The number of aryl methyl sites for hydroxylation is 1. The summed E-state index contributed by atoms with van der Waals surface area (Å²) >= 11 is 0. The lowest BCUT2D eigenvalue weighted by atomic mass is 9.96. The molecule has 2 rings (SSSR count). The normalized spacial score (nSPS) is 17.0. The van der Waals surface area contributed by atoms with Crippen LogP contribution >= 0.6 is 0 Å². The molecule has 1 fully saturated rings. The van der Waals surface area contributed by atoms with E-state index in [1.807, 2.05) is 0 Å². The molecule has 0 amide bonds. The van der Waals surface area contributed by atoms with E-state index in [2.05, 4.69) is 46.9 Å². The third-order valence-electron chi connectivity index (χ3n) is 3.78. The molecule has 1 aromatic carbocycles. The maximum Gasteiger partial charge on any atom is 0.210 e. The van der Waals surface area contributed by atoms with Crippen LogP contribution in [-0.4, -0.2) is 12.0 Å². The summed E-state index contributed by atoms with van der Waals surface area (Å²) in [5.74, 6) is 6.24. The molecule has 0 unspecified atom stereocenters. The van der Waals surface area contributed by atoms with Crippen LogP contribution in [0, 0.1) is 0 Å². The lowest BCUT2D eigenvalue weighted by molar-refractivity contribution is 0.442. The summed E-state index contributed by atoms with van der Waals surface area (Å²) in [7, 11) is 0. The number of hydrazine groups is 1. The van der Waals surface area contributed by atoms with Crippen LogP contribution in [0.3, 0.4) is 0 Å². The molecule has 0 radical (unpaired) electrons. The predicted octanol–water partition coefficient (Wildman–Crippen LogP) is 3.20. The lowest BCUT2D eigenvalue weighted by Gasteiger charge is -2.19. The molecule has 0 aliphatic heterocycles. The number of nitrogens with one attached hydrogen (secondary N) is 2. The van der Waals surface area contributed by atoms with E-state index in [1.54, 1.807) is 0 Å². The van der Waals surface area contributed by atoms with Crippen molar-refractivity contribution in [3.63, 3.8) is 0 Å². The summed E-state index contributed by atoms with van der Waals surface area (Å²) in [6, 6.07) is 8.88. The first-order valence-corrected chi connectivity index (χ1v) is 7.72. The number of benzene rings is 1. The summed E-state index contributed by atoms with van der Waals surface area (Å²) in [5, 5.41) is 3.26. The van der Waals surface area contributed by atoms with Gasteiger partial charge >= 0.3 is 0 Å². The summed E-state index contributed by atoms with van der Waals surface area (Å²) in [6.45, 7) is 2.19. The fourth-order valence-corrected chi connectivity index (χ4v) is 2.68. The Morgan fingerprint density at radius 3 is 2.50 bits per heavy atom. The van der Waals surface area contributed by atoms with E-state index < -0.39 is 0 Å². The van der Waals surface area contributed by atoms with Crippen molar-refractivity contribution in [2.45, 2.75) is 57.9 Å². The Kier molecular flexibility index (Phi) is 5.87. The molecule has 4 heteroatoms. The van der Waals surface area contributed by atoms with Crippen molar-refractivity contribution in [2.75, 3.05) is 5.32 Å². The van der Waals surface area contributed by atoms with Crippen LogP contribution in [0.15, 0.2) is 29.3 Å². The van der Waals surface area contributed by atoms with Gasteiger partial charge < -0.3 is 5.32 Å². The van der Waals surface area contributed by atoms with Crippen LogP contribution in [0.25, 0.3) is 0 Å². The first-order chi connectivity index (χ1) is 9.81. The molecular weight excluding hydrogens is 248 g/mol. The van der Waals surface area contributed by atoms with Crippen molar-refractivity contribution < 1.29 is 0 Å². The SMILES string of the molecule is CCCc1ccc(NC(=NC2CCCCC2)NN)cc1. The first-order valence-electron chi connectivity index (χ1n) is 7.72. The van der Waals surface area contributed by atoms with Gasteiger partial charge in [-0.3, -0.25) is 5.43 Å². The van der Waals surface area contributed by atoms with E-state index in [4.69, 9.17) is 5.84 Å². The van der Waals surface area contributed by atoms with Gasteiger partial charge in [-0.05, 0) is 37.0 Å². The third-order valence-corrected chi connectivity index (χ3v) is 3.78. The van der Waals surface area contributed by atoms with Crippen LogP contribution in [-0.2, 0) is 6.42 Å². The minimum absolute atomic E-state index is 0.404. The number of nitrogens with zero attached hydrogens (tertiary/aromatic N) is 1. The third kappa shape index (κ3) is 4.53. The van der Waals surface area contributed by atoms with Gasteiger partial charge in [0, 0.05) is 5.69 Å². The minimum Gasteiger partial charge on any atom is -0.325 e. The van der Waals surface area contributed by atoms with Gasteiger partial charge in [0.1, 0.15) is 0 Å². The standard InChI is InChI=1S/C16H26N4/c1-2-6-13-9-11-15(12-10-13)19-16(20-17)18-14-7-4-3-5-8-14/h9-12,14H,2-8,17H2,1H3,(H2,18,19,20). The number of guanidine groups is 1. The smallest absolute Gasteiger partial charge is 0.210 e. The van der Waals surface area contributed by atoms with E-state index in [0.717, 1.165) is 12.1 Å². The van der Waals surface area contributed by atoms with Gasteiger partial charge in [-0.2, -0.15) is 0 Å². The molecule has 4 N–H and O–H groups in total. The highest BCUT2D eigenvalue weighted by Crippen LogP contribution is 2.20. The molecule has 1 aliphatic carbocycles. The number of aliphatic imine (C=N–C) groups is 1. The number of hydrogen-bond donors (Lipinski definition) is 3. The van der Waals surface area contributed by atoms with E-state index in [1.165, 1.54) is 44.1 Å². The topological polar surface area (TPSA) is 62.4 Å². The van der Waals surface area contributed by atoms with Gasteiger partial charge in [-0.15, -0.1) is 0 Å². The second-order valence-corrected chi connectivity index (χ2v) is 5.49. The Hall–Kier alpha value is -1.55. The maximum atomic E-state index is 5.57. The first kappa shape index (κ1) is 14.9. The average molecular weight is 274 g/mol. The summed E-state index contributed by atoms with van der Waals surface area (Å²) in [5.41, 5.74) is 5.07. The molecule has 20 heavy (non-hydrogen) atoms. The number of anilines is 1. The zero-order chi connectivity index (χ0) is 14.2. The average Bonchev–Trinajstić information content (AvgIpc) is 2.50. The van der Waals surface area contributed by atoms with Crippen LogP contribution in [0.2, 0.25) is 0 Å². The lowest BCUT2D eigenvalue weighted by Crippen LogP contribution is -2.37. The highest BCUT2D eigenvalue weighted by molar-refractivity contribution is 5.93. The monoisotopic (exact) mass is 274 g/mol. The van der Waals surface area contributed by atoms with Crippen molar-refractivity contribution in [1.82, 2.24) is 5.43 Å². The van der Waals surface area contributed by atoms with Crippen molar-refractivity contribution in [3.05, 3.63) is 29.8 Å². The molecule has 4 nitrogen and oxygen atoms in total. The Balaban J connectivity index is 1.96. The fraction of sp³-hybridized carbons (Fsp3) is 0.562. The van der Waals surface area contributed by atoms with Gasteiger partial charge in [-0.1, -0.05) is 44.7 Å². The largest absolute Gasteiger partial charge is 0.325 e. The van der Waals surface area contributed by atoms with Crippen molar-refractivity contribution in [1.29, 1.82) is 0 Å². The Bertz CT molecular complexity index is 419. The number of hydrogen-bond acceptors (Lipinski definition) is 2. The number of nitrogens with two attached hydrogens (primary N) is 1. The second-order valence-electron chi connectivity index (χ2n) is 5.49. The highest BCUT2D eigenvalue weighted by atomic mass is 15.3. The van der Waals surface area contributed by atoms with Crippen molar-refractivity contribution >= 4 is 11.6 Å². The summed E-state index contributed by atoms with van der Waals surface area (Å²) < 4.78 is 0. The van der Waals surface area contributed by atoms with Gasteiger partial charge in [0.05, 0.1) is 6.04 Å². The molecule has 110 valence electrons. The van der Waals surface area contributed by atoms with Crippen LogP contribution in [0.1, 0.15) is 51.0 Å². The molecule has 0 heterocycles. The van der Waals surface area contributed by atoms with Crippen molar-refractivity contribution in [2.24, 2.45) is 10.8 Å². The van der Waals surface area contributed by atoms with Crippen LogP contribution in [0.4, 0.5) is 5.69 Å². The molecule has 0 atom stereocenters. The van der Waals surface area contributed by atoms with Crippen LogP contribution in [0.5, 0.6) is 0 Å². The molecule has 1 saturated carbocycles. The molecule has 0 spiro atoms. The van der Waals surface area contributed by atoms with Gasteiger partial charge in [0.2, 0.25) is 5.96 Å². The van der Waals surface area contributed by atoms with Gasteiger partial charge in [-0.25, -0.2) is 10.8 Å². The van der Waals surface area contributed by atoms with Gasteiger partial charge in [0.15, 0.2) is 0 Å². The molecule has 1 aliphatic rings. The van der Waals surface area contributed by atoms with Crippen LogP contribution < -0.4 is 16.6 Å². The van der Waals surface area contributed by atoms with E-state index in [0.29, 0.717) is 12.0 Å². The Morgan fingerprint density at radius 2 is 1.90 bits per heavy atom. The van der Waals surface area contributed by atoms with E-state index >= 15 is 0 Å². The molecule has 0 saturated heterocycles. The highest BCUT2D eigenvalue weighted by Gasteiger charge is 2.13. The van der Waals surface area contributed by atoms with E-state index in [-0.39, 0.29) is 0 Å². The fourth-order valence-electron chi connectivity index (χ4n) is 2.68. The summed E-state index contributed by atoms with van der Waals surface area (Å²) in [4.78, 5) is 4.68. The Labute approximate surface area is 121 Å². The zero-order valence-electron chi connectivity index (χ0n) is 12.4. The molecular formula is C16H26N4. The van der Waals surface area contributed by atoms with Gasteiger partial charge in [0.25, 0.3) is 0 Å². The van der Waals surface area contributed by atoms with Crippen molar-refractivity contribution in [3.8, 4) is 0 Å². The second kappa shape index (κ2) is 7.90. The molecule has 0 bridgehead atoms. The predicted molar refractivity (Wildman–Crippen MR) is 85.7 cm³/mol. The Morgan fingerprint density at radius 1 is 1.20 bits per heavy atom.